The van der Waals surface area contributed by atoms with Crippen molar-refractivity contribution in [3.05, 3.63) is 71.5 Å². The van der Waals surface area contributed by atoms with E-state index in [2.05, 4.69) is 25.2 Å². The zero-order valence-electron chi connectivity index (χ0n) is 14.6. The van der Waals surface area contributed by atoms with E-state index in [1.54, 1.807) is 0 Å². The Balaban J connectivity index is 1.62. The first-order valence-corrected chi connectivity index (χ1v) is 9.56. The van der Waals surface area contributed by atoms with Gasteiger partial charge in [0.2, 0.25) is 5.95 Å². The maximum atomic E-state index is 12.6. The summed E-state index contributed by atoms with van der Waals surface area (Å²) in [6.45, 7) is 0.0179. The molecule has 0 saturated heterocycles. The third kappa shape index (κ3) is 5.10. The fourth-order valence-corrected chi connectivity index (χ4v) is 3.29. The summed E-state index contributed by atoms with van der Waals surface area (Å²) < 4.78 is 64.3. The third-order valence-corrected chi connectivity index (χ3v) is 5.16. The molecule has 0 saturated carbocycles. The van der Waals surface area contributed by atoms with E-state index in [4.69, 9.17) is 0 Å². The molecule has 1 heterocycles. The lowest BCUT2D eigenvalue weighted by molar-refractivity contribution is -0.137. The lowest BCUT2D eigenvalue weighted by Crippen LogP contribution is -2.23. The van der Waals surface area contributed by atoms with Gasteiger partial charge in [-0.2, -0.15) is 23.3 Å². The fraction of sp³-hybridized carbons (Fsp3) is 0.118. The van der Waals surface area contributed by atoms with Gasteiger partial charge in [-0.05, 0) is 42.0 Å². The molecule has 3 aromatic rings. The standard InChI is InChI=1S/C17H14F3N5O3S/c18-17(19,20)13-5-1-11(2-6-13)9-21-15(26)12-3-7-14(8-4-12)29(27,28)25-16-22-10-23-24-16/h1-8,10H,9H2,(H,21,26)(H2,22,23,24,25). The summed E-state index contributed by atoms with van der Waals surface area (Å²) in [5.74, 6) is -0.555. The van der Waals surface area contributed by atoms with Crippen molar-refractivity contribution >= 4 is 21.9 Å². The Morgan fingerprint density at radius 1 is 1.03 bits per heavy atom. The van der Waals surface area contributed by atoms with Crippen molar-refractivity contribution in [1.29, 1.82) is 0 Å². The molecule has 8 nitrogen and oxygen atoms in total. The minimum Gasteiger partial charge on any atom is -0.348 e. The van der Waals surface area contributed by atoms with Gasteiger partial charge in [-0.3, -0.25) is 4.79 Å². The monoisotopic (exact) mass is 425 g/mol. The molecule has 0 aliphatic carbocycles. The van der Waals surface area contributed by atoms with E-state index in [1.165, 1.54) is 36.4 Å². The van der Waals surface area contributed by atoms with Gasteiger partial charge in [0, 0.05) is 12.1 Å². The number of hydrogen-bond donors (Lipinski definition) is 3. The van der Waals surface area contributed by atoms with Crippen molar-refractivity contribution < 1.29 is 26.4 Å². The Morgan fingerprint density at radius 3 is 2.24 bits per heavy atom. The first kappa shape index (κ1) is 20.3. The van der Waals surface area contributed by atoms with E-state index in [1.807, 2.05) is 0 Å². The van der Waals surface area contributed by atoms with E-state index in [9.17, 15) is 26.4 Å². The molecule has 2 aromatic carbocycles. The Morgan fingerprint density at radius 2 is 1.69 bits per heavy atom. The molecule has 29 heavy (non-hydrogen) atoms. The fourth-order valence-electron chi connectivity index (χ4n) is 2.32. The third-order valence-electron chi connectivity index (χ3n) is 3.81. The van der Waals surface area contributed by atoms with Crippen molar-refractivity contribution in [2.75, 3.05) is 4.72 Å². The molecule has 3 rings (SSSR count). The van der Waals surface area contributed by atoms with Gasteiger partial charge >= 0.3 is 6.18 Å². The van der Waals surface area contributed by atoms with Crippen LogP contribution in [0, 0.1) is 0 Å². The van der Waals surface area contributed by atoms with Crippen LogP contribution in [-0.2, 0) is 22.7 Å². The predicted molar refractivity (Wildman–Crippen MR) is 96.2 cm³/mol. The number of aromatic amines is 1. The molecule has 0 fully saturated rings. The quantitative estimate of drug-likeness (QED) is 0.561. The molecule has 0 unspecified atom stereocenters. The van der Waals surface area contributed by atoms with E-state index < -0.39 is 27.7 Å². The average molecular weight is 425 g/mol. The molecule has 0 aliphatic rings. The molecule has 1 aromatic heterocycles. The van der Waals surface area contributed by atoms with Crippen molar-refractivity contribution in [2.24, 2.45) is 0 Å². The Kier molecular flexibility index (Phi) is 5.55. The molecular formula is C17H14F3N5O3S. The number of benzene rings is 2. The van der Waals surface area contributed by atoms with Gasteiger partial charge in [-0.25, -0.2) is 18.2 Å². The highest BCUT2D eigenvalue weighted by Crippen LogP contribution is 2.29. The number of hydrogen-bond acceptors (Lipinski definition) is 5. The number of carbonyl (C=O) groups is 1. The number of alkyl halides is 3. The predicted octanol–water partition coefficient (Wildman–Crippen LogP) is 2.55. The summed E-state index contributed by atoms with van der Waals surface area (Å²) in [6, 6.07) is 9.53. The summed E-state index contributed by atoms with van der Waals surface area (Å²) in [5.41, 5.74) is -0.0966. The van der Waals surface area contributed by atoms with Crippen LogP contribution >= 0.6 is 0 Å². The van der Waals surface area contributed by atoms with E-state index in [0.717, 1.165) is 18.5 Å². The lowest BCUT2D eigenvalue weighted by atomic mass is 10.1. The number of carbonyl (C=O) groups excluding carboxylic acids is 1. The van der Waals surface area contributed by atoms with Crippen LogP contribution in [0.1, 0.15) is 21.5 Å². The minimum absolute atomic E-state index is 0.0179. The normalized spacial score (nSPS) is 11.8. The highest BCUT2D eigenvalue weighted by molar-refractivity contribution is 7.92. The molecule has 0 aliphatic heterocycles. The second-order valence-corrected chi connectivity index (χ2v) is 7.52. The number of sulfonamides is 1. The molecule has 0 spiro atoms. The van der Waals surface area contributed by atoms with Crippen LogP contribution in [-0.4, -0.2) is 29.5 Å². The topological polar surface area (TPSA) is 117 Å². The molecule has 152 valence electrons. The number of halogens is 3. The van der Waals surface area contributed by atoms with Gasteiger partial charge in [0.05, 0.1) is 10.5 Å². The van der Waals surface area contributed by atoms with Crippen molar-refractivity contribution in [2.45, 2.75) is 17.6 Å². The number of rotatable bonds is 6. The Hall–Kier alpha value is -3.41. The summed E-state index contributed by atoms with van der Waals surface area (Å²) in [5, 5.41) is 8.45. The SMILES string of the molecule is O=C(NCc1ccc(C(F)(F)F)cc1)c1ccc(S(=O)(=O)Nc2ncn[nH]2)cc1. The second kappa shape index (κ2) is 7.91. The number of amides is 1. The van der Waals surface area contributed by atoms with Gasteiger partial charge in [0.1, 0.15) is 6.33 Å². The smallest absolute Gasteiger partial charge is 0.348 e. The maximum absolute atomic E-state index is 12.6. The molecule has 3 N–H and O–H groups in total. The summed E-state index contributed by atoms with van der Waals surface area (Å²) in [6.07, 6.45) is -3.28. The van der Waals surface area contributed by atoms with Crippen LogP contribution < -0.4 is 10.0 Å². The highest BCUT2D eigenvalue weighted by Gasteiger charge is 2.29. The second-order valence-electron chi connectivity index (χ2n) is 5.84. The average Bonchev–Trinajstić information content (AvgIpc) is 3.18. The van der Waals surface area contributed by atoms with Gasteiger partial charge in [-0.15, -0.1) is 0 Å². The molecule has 0 atom stereocenters. The lowest BCUT2D eigenvalue weighted by Gasteiger charge is -2.09. The Bertz CT molecular complexity index is 1080. The van der Waals surface area contributed by atoms with E-state index in [-0.39, 0.29) is 23.0 Å². The van der Waals surface area contributed by atoms with Crippen molar-refractivity contribution in [3.63, 3.8) is 0 Å². The van der Waals surface area contributed by atoms with Crippen molar-refractivity contribution in [3.8, 4) is 0 Å². The maximum Gasteiger partial charge on any atom is 0.416 e. The molecule has 0 radical (unpaired) electrons. The molecule has 0 bridgehead atoms. The van der Waals surface area contributed by atoms with Crippen LogP contribution in [0.2, 0.25) is 0 Å². The molecular weight excluding hydrogens is 411 g/mol. The first-order chi connectivity index (χ1) is 13.6. The van der Waals surface area contributed by atoms with E-state index in [0.29, 0.717) is 5.56 Å². The van der Waals surface area contributed by atoms with E-state index >= 15 is 0 Å². The molecule has 1 amide bonds. The van der Waals surface area contributed by atoms with Gasteiger partial charge in [0.15, 0.2) is 0 Å². The summed E-state index contributed by atoms with van der Waals surface area (Å²) in [7, 11) is -3.90. The van der Waals surface area contributed by atoms with Crippen LogP contribution in [0.15, 0.2) is 59.8 Å². The minimum atomic E-state index is -4.42. The zero-order valence-corrected chi connectivity index (χ0v) is 15.4. The van der Waals surface area contributed by atoms with Crippen LogP contribution in [0.5, 0.6) is 0 Å². The first-order valence-electron chi connectivity index (χ1n) is 8.08. The zero-order chi connectivity index (χ0) is 21.1. The van der Waals surface area contributed by atoms with Crippen molar-refractivity contribution in [1.82, 2.24) is 20.5 Å². The number of anilines is 1. The largest absolute Gasteiger partial charge is 0.416 e. The van der Waals surface area contributed by atoms with Crippen LogP contribution in [0.25, 0.3) is 0 Å². The van der Waals surface area contributed by atoms with Crippen LogP contribution in [0.4, 0.5) is 19.1 Å². The van der Waals surface area contributed by atoms with Gasteiger partial charge < -0.3 is 5.32 Å². The highest BCUT2D eigenvalue weighted by atomic mass is 32.2. The summed E-state index contributed by atoms with van der Waals surface area (Å²) in [4.78, 5) is 15.8. The number of aromatic nitrogens is 3. The number of H-pyrrole nitrogens is 1. The number of nitrogens with one attached hydrogen (secondary N) is 3. The summed E-state index contributed by atoms with van der Waals surface area (Å²) >= 11 is 0. The van der Waals surface area contributed by atoms with Gasteiger partial charge in [0.25, 0.3) is 15.9 Å². The van der Waals surface area contributed by atoms with Gasteiger partial charge in [-0.1, -0.05) is 12.1 Å². The number of nitrogens with zero attached hydrogens (tertiary/aromatic N) is 2. The Labute approximate surface area is 163 Å². The van der Waals surface area contributed by atoms with Crippen LogP contribution in [0.3, 0.4) is 0 Å². The molecule has 12 heteroatoms.